The van der Waals surface area contributed by atoms with E-state index in [4.69, 9.17) is 0 Å². The van der Waals surface area contributed by atoms with Gasteiger partial charge in [0.05, 0.1) is 0 Å². The highest BCUT2D eigenvalue weighted by Gasteiger charge is 2.24. The molecule has 104 valence electrons. The fraction of sp³-hybridized carbons (Fsp3) is 0.600. The molecule has 0 unspecified atom stereocenters. The quantitative estimate of drug-likeness (QED) is 0.886. The van der Waals surface area contributed by atoms with Gasteiger partial charge in [0.2, 0.25) is 5.91 Å². The van der Waals surface area contributed by atoms with E-state index in [0.29, 0.717) is 0 Å². The van der Waals surface area contributed by atoms with Crippen molar-refractivity contribution < 1.29 is 4.79 Å². The van der Waals surface area contributed by atoms with Crippen molar-refractivity contribution in [2.45, 2.75) is 45.6 Å². The first-order valence-electron chi connectivity index (χ1n) is 6.85. The van der Waals surface area contributed by atoms with Crippen LogP contribution in [0.5, 0.6) is 0 Å². The van der Waals surface area contributed by atoms with Crippen LogP contribution in [-0.2, 0) is 10.2 Å². The molecule has 1 amide bonds. The molecule has 19 heavy (non-hydrogen) atoms. The van der Waals surface area contributed by atoms with Crippen LogP contribution in [0.15, 0.2) is 18.3 Å². The zero-order valence-corrected chi connectivity index (χ0v) is 12.2. The van der Waals surface area contributed by atoms with Gasteiger partial charge in [0.25, 0.3) is 0 Å². The van der Waals surface area contributed by atoms with Gasteiger partial charge in [-0.15, -0.1) is 0 Å². The van der Waals surface area contributed by atoms with Crippen molar-refractivity contribution in [1.29, 1.82) is 0 Å². The summed E-state index contributed by atoms with van der Waals surface area (Å²) in [5, 5.41) is 2.97. The number of carbonyl (C=O) groups is 1. The average Bonchev–Trinajstić information content (AvgIpc) is 2.75. The zero-order valence-electron chi connectivity index (χ0n) is 12.2. The van der Waals surface area contributed by atoms with Crippen LogP contribution in [0.2, 0.25) is 0 Å². The third-order valence-corrected chi connectivity index (χ3v) is 3.53. The number of anilines is 1. The fourth-order valence-corrected chi connectivity index (χ4v) is 2.39. The minimum absolute atomic E-state index is 0.0443. The number of amides is 1. The number of nitrogens with one attached hydrogen (secondary N) is 1. The molecule has 1 N–H and O–H groups in total. The number of hydrogen-bond donors (Lipinski definition) is 1. The smallest absolute Gasteiger partial charge is 0.217 e. The Morgan fingerprint density at radius 1 is 1.42 bits per heavy atom. The summed E-state index contributed by atoms with van der Waals surface area (Å²) in [4.78, 5) is 17.8. The Morgan fingerprint density at radius 2 is 2.16 bits per heavy atom. The van der Waals surface area contributed by atoms with Crippen molar-refractivity contribution in [1.82, 2.24) is 10.3 Å². The van der Waals surface area contributed by atoms with Crippen molar-refractivity contribution >= 4 is 11.7 Å². The summed E-state index contributed by atoms with van der Waals surface area (Å²) in [7, 11) is 0. The van der Waals surface area contributed by atoms with E-state index in [1.807, 2.05) is 6.20 Å². The first-order valence-corrected chi connectivity index (χ1v) is 6.85. The summed E-state index contributed by atoms with van der Waals surface area (Å²) in [6.07, 6.45) is 2.95. The van der Waals surface area contributed by atoms with Gasteiger partial charge in [0.1, 0.15) is 5.82 Å². The number of rotatable bonds is 2. The minimum atomic E-state index is 0.0443. The lowest BCUT2D eigenvalue weighted by Crippen LogP contribution is -2.35. The predicted molar refractivity (Wildman–Crippen MR) is 77.4 cm³/mol. The Labute approximate surface area is 115 Å². The molecular formula is C15H23N3O. The molecule has 0 bridgehead atoms. The number of nitrogens with zero attached hydrogens (tertiary/aromatic N) is 2. The molecule has 0 spiro atoms. The zero-order chi connectivity index (χ0) is 14.0. The highest BCUT2D eigenvalue weighted by molar-refractivity contribution is 5.73. The van der Waals surface area contributed by atoms with Crippen LogP contribution < -0.4 is 10.2 Å². The number of carbonyl (C=O) groups excluding carboxylic acids is 1. The summed E-state index contributed by atoms with van der Waals surface area (Å²) < 4.78 is 0. The Balaban J connectivity index is 2.02. The predicted octanol–water partition coefficient (Wildman–Crippen LogP) is 2.09. The lowest BCUT2D eigenvalue weighted by atomic mass is 9.88. The molecule has 2 heterocycles. The molecule has 1 fully saturated rings. The lowest BCUT2D eigenvalue weighted by Gasteiger charge is -2.21. The molecule has 0 saturated carbocycles. The summed E-state index contributed by atoms with van der Waals surface area (Å²) in [5.74, 6) is 1.05. The molecule has 1 aromatic rings. The third-order valence-electron chi connectivity index (χ3n) is 3.53. The van der Waals surface area contributed by atoms with Crippen LogP contribution in [0.25, 0.3) is 0 Å². The van der Waals surface area contributed by atoms with Gasteiger partial charge >= 0.3 is 0 Å². The Morgan fingerprint density at radius 3 is 2.68 bits per heavy atom. The van der Waals surface area contributed by atoms with Gasteiger partial charge in [0, 0.05) is 32.3 Å². The van der Waals surface area contributed by atoms with Crippen LogP contribution in [0.3, 0.4) is 0 Å². The maximum Gasteiger partial charge on any atom is 0.217 e. The van der Waals surface area contributed by atoms with Crippen LogP contribution in [0, 0.1) is 0 Å². The molecule has 1 aliphatic heterocycles. The molecule has 2 rings (SSSR count). The van der Waals surface area contributed by atoms with Gasteiger partial charge in [-0.1, -0.05) is 26.8 Å². The maximum absolute atomic E-state index is 11.1. The maximum atomic E-state index is 11.1. The highest BCUT2D eigenvalue weighted by atomic mass is 16.1. The van der Waals surface area contributed by atoms with Gasteiger partial charge in [-0.2, -0.15) is 0 Å². The third kappa shape index (κ3) is 3.46. The normalized spacial score (nSPS) is 19.6. The molecular weight excluding hydrogens is 238 g/mol. The van der Waals surface area contributed by atoms with Crippen molar-refractivity contribution in [3.63, 3.8) is 0 Å². The van der Waals surface area contributed by atoms with E-state index >= 15 is 0 Å². The van der Waals surface area contributed by atoms with Crippen LogP contribution in [-0.4, -0.2) is 30.0 Å². The second-order valence-electron chi connectivity index (χ2n) is 6.29. The first-order chi connectivity index (χ1) is 8.86. The van der Waals surface area contributed by atoms with Gasteiger partial charge in [-0.25, -0.2) is 4.98 Å². The topological polar surface area (TPSA) is 45.2 Å². The molecule has 1 atom stereocenters. The number of pyridine rings is 1. The van der Waals surface area contributed by atoms with Gasteiger partial charge in [-0.05, 0) is 23.5 Å². The standard InChI is InChI=1S/C15H23N3O/c1-11(19)17-13-7-8-18(10-13)14-6-5-12(9-16-14)15(2,3)4/h5-6,9,13H,7-8,10H2,1-4H3,(H,17,19)/t13-/m1/s1. The second-order valence-corrected chi connectivity index (χ2v) is 6.29. The molecule has 1 saturated heterocycles. The Kier molecular flexibility index (Phi) is 3.78. The van der Waals surface area contributed by atoms with E-state index in [1.54, 1.807) is 6.92 Å². The second kappa shape index (κ2) is 5.19. The number of hydrogen-bond acceptors (Lipinski definition) is 3. The lowest BCUT2D eigenvalue weighted by molar-refractivity contribution is -0.119. The highest BCUT2D eigenvalue weighted by Crippen LogP contribution is 2.24. The average molecular weight is 261 g/mol. The summed E-state index contributed by atoms with van der Waals surface area (Å²) in [6, 6.07) is 4.48. The van der Waals surface area contributed by atoms with Gasteiger partial charge in [0.15, 0.2) is 0 Å². The molecule has 4 heteroatoms. The summed E-state index contributed by atoms with van der Waals surface area (Å²) in [5.41, 5.74) is 1.38. The van der Waals surface area contributed by atoms with Crippen molar-refractivity contribution in [3.05, 3.63) is 23.9 Å². The van der Waals surface area contributed by atoms with E-state index in [1.165, 1.54) is 5.56 Å². The monoisotopic (exact) mass is 261 g/mol. The molecule has 0 aliphatic carbocycles. The summed E-state index contributed by atoms with van der Waals surface area (Å²) >= 11 is 0. The molecule has 0 radical (unpaired) electrons. The molecule has 4 nitrogen and oxygen atoms in total. The minimum Gasteiger partial charge on any atom is -0.354 e. The van der Waals surface area contributed by atoms with Crippen LogP contribution in [0.4, 0.5) is 5.82 Å². The Bertz CT molecular complexity index is 447. The summed E-state index contributed by atoms with van der Waals surface area (Å²) in [6.45, 7) is 9.93. The fourth-order valence-electron chi connectivity index (χ4n) is 2.39. The van der Waals surface area contributed by atoms with Gasteiger partial charge in [-0.3, -0.25) is 4.79 Å². The van der Waals surface area contributed by atoms with Crippen molar-refractivity contribution in [3.8, 4) is 0 Å². The number of aromatic nitrogens is 1. The van der Waals surface area contributed by atoms with E-state index in [0.717, 1.165) is 25.3 Å². The van der Waals surface area contributed by atoms with E-state index < -0.39 is 0 Å². The SMILES string of the molecule is CC(=O)N[C@@H]1CCN(c2ccc(C(C)(C)C)cn2)C1. The van der Waals surface area contributed by atoms with E-state index in [-0.39, 0.29) is 17.4 Å². The van der Waals surface area contributed by atoms with Gasteiger partial charge < -0.3 is 10.2 Å². The van der Waals surface area contributed by atoms with Crippen LogP contribution in [0.1, 0.15) is 39.7 Å². The van der Waals surface area contributed by atoms with E-state index in [9.17, 15) is 4.79 Å². The molecule has 1 aromatic heterocycles. The van der Waals surface area contributed by atoms with Crippen LogP contribution >= 0.6 is 0 Å². The molecule has 1 aliphatic rings. The largest absolute Gasteiger partial charge is 0.354 e. The first kappa shape index (κ1) is 13.8. The Hall–Kier alpha value is -1.58. The van der Waals surface area contributed by atoms with E-state index in [2.05, 4.69) is 48.1 Å². The molecule has 0 aromatic carbocycles. The van der Waals surface area contributed by atoms with Crippen molar-refractivity contribution in [2.75, 3.05) is 18.0 Å². The van der Waals surface area contributed by atoms with Crippen molar-refractivity contribution in [2.24, 2.45) is 0 Å².